The second kappa shape index (κ2) is 7.03. The van der Waals surface area contributed by atoms with E-state index in [9.17, 15) is 14.7 Å². The molecule has 2 N–H and O–H groups in total. The van der Waals surface area contributed by atoms with Gasteiger partial charge in [-0.1, -0.05) is 13.8 Å². The minimum atomic E-state index is -0.790. The molecule has 0 aromatic rings. The molecule has 6 heteroatoms. The minimum absolute atomic E-state index is 0.127. The third-order valence-electron chi connectivity index (χ3n) is 3.96. The SMILES string of the molecule is CCC(CSC)NC(=O)N1CCC(CC)(C(=O)O)C1. The molecule has 110 valence electrons. The van der Waals surface area contributed by atoms with Gasteiger partial charge in [0.05, 0.1) is 5.41 Å². The van der Waals surface area contributed by atoms with Crippen LogP contribution in [0.5, 0.6) is 0 Å². The van der Waals surface area contributed by atoms with Crippen LogP contribution in [0.4, 0.5) is 4.79 Å². The molecule has 2 atom stereocenters. The van der Waals surface area contributed by atoms with Gasteiger partial charge in [0.1, 0.15) is 0 Å². The largest absolute Gasteiger partial charge is 0.481 e. The quantitative estimate of drug-likeness (QED) is 0.784. The van der Waals surface area contributed by atoms with Crippen molar-refractivity contribution in [3.8, 4) is 0 Å². The molecule has 1 fully saturated rings. The number of carboxylic acid groups (broad SMARTS) is 1. The smallest absolute Gasteiger partial charge is 0.317 e. The predicted octanol–water partition coefficient (Wildman–Crippen LogP) is 2.02. The number of nitrogens with zero attached hydrogens (tertiary/aromatic N) is 1. The first-order valence-electron chi connectivity index (χ1n) is 6.76. The van der Waals surface area contributed by atoms with Gasteiger partial charge in [-0.3, -0.25) is 4.79 Å². The Balaban J connectivity index is 2.58. The second-order valence-corrected chi connectivity index (χ2v) is 6.03. The third kappa shape index (κ3) is 3.78. The molecule has 0 saturated carbocycles. The second-order valence-electron chi connectivity index (χ2n) is 5.12. The number of carboxylic acids is 1. The first-order valence-corrected chi connectivity index (χ1v) is 8.16. The summed E-state index contributed by atoms with van der Waals surface area (Å²) < 4.78 is 0. The number of urea groups is 1. The Morgan fingerprint density at radius 3 is 2.58 bits per heavy atom. The molecule has 1 aliphatic heterocycles. The topological polar surface area (TPSA) is 69.6 Å². The lowest BCUT2D eigenvalue weighted by atomic mass is 9.84. The van der Waals surface area contributed by atoms with E-state index >= 15 is 0 Å². The minimum Gasteiger partial charge on any atom is -0.481 e. The summed E-state index contributed by atoms with van der Waals surface area (Å²) in [7, 11) is 0. The maximum absolute atomic E-state index is 12.1. The van der Waals surface area contributed by atoms with E-state index in [2.05, 4.69) is 5.32 Å². The zero-order valence-electron chi connectivity index (χ0n) is 11.9. The number of carbonyl (C=O) groups is 2. The fourth-order valence-corrected chi connectivity index (χ4v) is 3.11. The third-order valence-corrected chi connectivity index (χ3v) is 4.70. The molecule has 1 rings (SSSR count). The Morgan fingerprint density at radius 2 is 2.16 bits per heavy atom. The summed E-state index contributed by atoms with van der Waals surface area (Å²) in [5.74, 6) is 0.0925. The number of rotatable bonds is 6. The lowest BCUT2D eigenvalue weighted by molar-refractivity contribution is -0.148. The molecule has 0 aromatic heterocycles. The van der Waals surface area contributed by atoms with Crippen molar-refractivity contribution in [1.82, 2.24) is 10.2 Å². The monoisotopic (exact) mass is 288 g/mol. The van der Waals surface area contributed by atoms with E-state index in [1.807, 2.05) is 20.1 Å². The normalized spacial score (nSPS) is 24.3. The van der Waals surface area contributed by atoms with Crippen molar-refractivity contribution in [2.45, 2.75) is 39.2 Å². The van der Waals surface area contributed by atoms with Crippen molar-refractivity contribution in [3.05, 3.63) is 0 Å². The van der Waals surface area contributed by atoms with Crippen molar-refractivity contribution >= 4 is 23.8 Å². The number of amides is 2. The molecule has 0 radical (unpaired) electrons. The van der Waals surface area contributed by atoms with E-state index in [1.165, 1.54) is 0 Å². The number of hydrogen-bond acceptors (Lipinski definition) is 3. The van der Waals surface area contributed by atoms with E-state index < -0.39 is 11.4 Å². The number of aliphatic carboxylic acids is 1. The van der Waals surface area contributed by atoms with E-state index in [1.54, 1.807) is 16.7 Å². The fourth-order valence-electron chi connectivity index (χ4n) is 2.39. The van der Waals surface area contributed by atoms with E-state index in [-0.39, 0.29) is 12.1 Å². The highest BCUT2D eigenvalue weighted by Gasteiger charge is 2.44. The number of hydrogen-bond donors (Lipinski definition) is 2. The molecule has 0 bridgehead atoms. The number of thioether (sulfide) groups is 1. The molecular formula is C13H24N2O3S. The molecule has 1 saturated heterocycles. The molecule has 1 aliphatic rings. The van der Waals surface area contributed by atoms with Gasteiger partial charge in [-0.05, 0) is 25.5 Å². The van der Waals surface area contributed by atoms with Crippen LogP contribution in [0, 0.1) is 5.41 Å². The summed E-state index contributed by atoms with van der Waals surface area (Å²) in [4.78, 5) is 25.1. The summed E-state index contributed by atoms with van der Waals surface area (Å²) >= 11 is 1.70. The molecule has 5 nitrogen and oxygen atoms in total. The van der Waals surface area contributed by atoms with Gasteiger partial charge in [0, 0.05) is 24.9 Å². The summed E-state index contributed by atoms with van der Waals surface area (Å²) in [6.45, 7) is 4.76. The van der Waals surface area contributed by atoms with Crippen LogP contribution in [0.1, 0.15) is 33.1 Å². The summed E-state index contributed by atoms with van der Waals surface area (Å²) in [5, 5.41) is 12.3. The average molecular weight is 288 g/mol. The van der Waals surface area contributed by atoms with Gasteiger partial charge >= 0.3 is 12.0 Å². The molecule has 2 amide bonds. The molecule has 0 spiro atoms. The lowest BCUT2D eigenvalue weighted by Gasteiger charge is -2.25. The van der Waals surface area contributed by atoms with Gasteiger partial charge in [0.15, 0.2) is 0 Å². The Kier molecular flexibility index (Phi) is 5.97. The number of carbonyl (C=O) groups excluding carboxylic acids is 1. The highest BCUT2D eigenvalue weighted by atomic mass is 32.2. The molecule has 19 heavy (non-hydrogen) atoms. The zero-order chi connectivity index (χ0) is 14.5. The first kappa shape index (κ1) is 16.1. The highest BCUT2D eigenvalue weighted by Crippen LogP contribution is 2.34. The van der Waals surface area contributed by atoms with Gasteiger partial charge < -0.3 is 15.3 Å². The Hall–Kier alpha value is -0.910. The summed E-state index contributed by atoms with van der Waals surface area (Å²) in [5.41, 5.74) is -0.751. The van der Waals surface area contributed by atoms with Crippen LogP contribution in [0.15, 0.2) is 0 Å². The van der Waals surface area contributed by atoms with Crippen LogP contribution in [0.2, 0.25) is 0 Å². The van der Waals surface area contributed by atoms with Crippen LogP contribution in [-0.2, 0) is 4.79 Å². The van der Waals surface area contributed by atoms with E-state index in [4.69, 9.17) is 0 Å². The fraction of sp³-hybridized carbons (Fsp3) is 0.846. The molecule has 0 aromatic carbocycles. The van der Waals surface area contributed by atoms with Crippen LogP contribution in [0.25, 0.3) is 0 Å². The Morgan fingerprint density at radius 1 is 1.47 bits per heavy atom. The van der Waals surface area contributed by atoms with Gasteiger partial charge in [0.25, 0.3) is 0 Å². The number of nitrogens with one attached hydrogen (secondary N) is 1. The van der Waals surface area contributed by atoms with Gasteiger partial charge in [0.2, 0.25) is 0 Å². The van der Waals surface area contributed by atoms with Gasteiger partial charge in [-0.25, -0.2) is 4.79 Å². The van der Waals surface area contributed by atoms with E-state index in [0.29, 0.717) is 25.9 Å². The average Bonchev–Trinajstić information content (AvgIpc) is 2.84. The molecular weight excluding hydrogens is 264 g/mol. The van der Waals surface area contributed by atoms with Gasteiger partial charge in [-0.15, -0.1) is 0 Å². The number of likely N-dealkylation sites (tertiary alicyclic amines) is 1. The van der Waals surface area contributed by atoms with Crippen LogP contribution >= 0.6 is 11.8 Å². The van der Waals surface area contributed by atoms with Crippen molar-refractivity contribution in [2.24, 2.45) is 5.41 Å². The highest BCUT2D eigenvalue weighted by molar-refractivity contribution is 7.98. The van der Waals surface area contributed by atoms with Gasteiger partial charge in [-0.2, -0.15) is 11.8 Å². The van der Waals surface area contributed by atoms with Crippen molar-refractivity contribution in [3.63, 3.8) is 0 Å². The molecule has 0 aliphatic carbocycles. The maximum Gasteiger partial charge on any atom is 0.317 e. The molecule has 2 unspecified atom stereocenters. The van der Waals surface area contributed by atoms with E-state index in [0.717, 1.165) is 12.2 Å². The Bertz CT molecular complexity index is 338. The van der Waals surface area contributed by atoms with Crippen LogP contribution in [-0.4, -0.2) is 53.1 Å². The molecule has 1 heterocycles. The summed E-state index contributed by atoms with van der Waals surface area (Å²) in [6.07, 6.45) is 4.01. The zero-order valence-corrected chi connectivity index (χ0v) is 12.8. The van der Waals surface area contributed by atoms with Crippen molar-refractivity contribution in [2.75, 3.05) is 25.1 Å². The lowest BCUT2D eigenvalue weighted by Crippen LogP contribution is -2.46. The van der Waals surface area contributed by atoms with Crippen LogP contribution in [0.3, 0.4) is 0 Å². The first-order chi connectivity index (χ1) is 8.99. The maximum atomic E-state index is 12.1. The van der Waals surface area contributed by atoms with Crippen LogP contribution < -0.4 is 5.32 Å². The Labute approximate surface area is 119 Å². The van der Waals surface area contributed by atoms with Crippen molar-refractivity contribution < 1.29 is 14.7 Å². The van der Waals surface area contributed by atoms with Crippen molar-refractivity contribution in [1.29, 1.82) is 0 Å². The predicted molar refractivity (Wildman–Crippen MR) is 77.5 cm³/mol. The standard InChI is InChI=1S/C13H24N2O3S/c1-4-10(8-19-3)14-12(18)15-7-6-13(5-2,9-15)11(16)17/h10H,4-9H2,1-3H3,(H,14,18)(H,16,17). The summed E-state index contributed by atoms with van der Waals surface area (Å²) in [6, 6.07) is 0.0291.